The average molecular weight is 335 g/mol. The molecule has 1 heterocycles. The van der Waals surface area contributed by atoms with Crippen LogP contribution in [0.25, 0.3) is 0 Å². The van der Waals surface area contributed by atoms with E-state index in [2.05, 4.69) is 0 Å². The lowest BCUT2D eigenvalue weighted by Crippen LogP contribution is -2.48. The summed E-state index contributed by atoms with van der Waals surface area (Å²) in [6, 6.07) is 0. The van der Waals surface area contributed by atoms with E-state index in [1.807, 2.05) is 7.11 Å². The molecule has 0 aromatic rings. The van der Waals surface area contributed by atoms with E-state index in [0.717, 1.165) is 23.7 Å². The second-order valence-corrected chi connectivity index (χ2v) is 9.23. The van der Waals surface area contributed by atoms with Gasteiger partial charge >= 0.3 is 0 Å². The normalized spacial score (nSPS) is 44.9. The third-order valence-corrected chi connectivity index (χ3v) is 7.99. The SMILES string of the molecule is COC1CCC(C2CC(C3CCCCC3)OC3CCCCC32)CC1. The molecule has 3 aliphatic carbocycles. The minimum Gasteiger partial charge on any atom is -0.381 e. The van der Waals surface area contributed by atoms with Crippen molar-refractivity contribution in [3.63, 3.8) is 0 Å². The highest BCUT2D eigenvalue weighted by atomic mass is 16.5. The van der Waals surface area contributed by atoms with Crippen molar-refractivity contribution in [1.29, 1.82) is 0 Å². The zero-order chi connectivity index (χ0) is 16.4. The monoisotopic (exact) mass is 334 g/mol. The van der Waals surface area contributed by atoms with Crippen molar-refractivity contribution in [3.8, 4) is 0 Å². The molecule has 4 fully saturated rings. The predicted octanol–water partition coefficient (Wildman–Crippen LogP) is 5.74. The van der Waals surface area contributed by atoms with E-state index in [-0.39, 0.29) is 0 Å². The Morgan fingerprint density at radius 2 is 1.33 bits per heavy atom. The van der Waals surface area contributed by atoms with Crippen molar-refractivity contribution in [3.05, 3.63) is 0 Å². The van der Waals surface area contributed by atoms with Crippen molar-refractivity contribution < 1.29 is 9.47 Å². The molecule has 0 aromatic heterocycles. The molecule has 0 aromatic carbocycles. The van der Waals surface area contributed by atoms with Crippen LogP contribution in [-0.2, 0) is 9.47 Å². The number of rotatable bonds is 3. The fourth-order valence-electron chi connectivity index (χ4n) is 6.61. The zero-order valence-corrected chi connectivity index (χ0v) is 15.8. The van der Waals surface area contributed by atoms with Gasteiger partial charge in [-0.1, -0.05) is 32.1 Å². The first kappa shape index (κ1) is 17.3. The number of methoxy groups -OCH3 is 1. The Labute approximate surface area is 149 Å². The molecule has 3 saturated carbocycles. The van der Waals surface area contributed by atoms with Gasteiger partial charge in [-0.2, -0.15) is 0 Å². The summed E-state index contributed by atoms with van der Waals surface area (Å²) in [6.07, 6.45) is 21.4. The van der Waals surface area contributed by atoms with Crippen LogP contribution < -0.4 is 0 Å². The van der Waals surface area contributed by atoms with E-state index in [1.54, 1.807) is 0 Å². The minimum absolute atomic E-state index is 0.539. The first-order valence-electron chi connectivity index (χ1n) is 11.0. The van der Waals surface area contributed by atoms with Crippen LogP contribution in [0, 0.1) is 23.7 Å². The molecule has 24 heavy (non-hydrogen) atoms. The van der Waals surface area contributed by atoms with Gasteiger partial charge in [0, 0.05) is 7.11 Å². The summed E-state index contributed by atoms with van der Waals surface area (Å²) < 4.78 is 12.4. The number of hydrogen-bond donors (Lipinski definition) is 0. The summed E-state index contributed by atoms with van der Waals surface area (Å²) in [6.45, 7) is 0. The number of hydrogen-bond acceptors (Lipinski definition) is 2. The number of fused-ring (bicyclic) bond motifs is 1. The maximum absolute atomic E-state index is 6.77. The predicted molar refractivity (Wildman–Crippen MR) is 98.1 cm³/mol. The molecule has 0 spiro atoms. The van der Waals surface area contributed by atoms with E-state index in [1.165, 1.54) is 89.9 Å². The zero-order valence-electron chi connectivity index (χ0n) is 15.8. The highest BCUT2D eigenvalue weighted by Gasteiger charge is 2.45. The summed E-state index contributed by atoms with van der Waals surface area (Å²) in [5.41, 5.74) is 0. The quantitative estimate of drug-likeness (QED) is 0.655. The van der Waals surface area contributed by atoms with Crippen molar-refractivity contribution in [2.45, 2.75) is 108 Å². The van der Waals surface area contributed by atoms with Gasteiger partial charge in [-0.15, -0.1) is 0 Å². The summed E-state index contributed by atoms with van der Waals surface area (Å²) in [4.78, 5) is 0. The highest BCUT2D eigenvalue weighted by Crippen LogP contribution is 2.49. The van der Waals surface area contributed by atoms with Crippen LogP contribution >= 0.6 is 0 Å². The summed E-state index contributed by atoms with van der Waals surface area (Å²) in [5, 5.41) is 0. The third kappa shape index (κ3) is 3.70. The van der Waals surface area contributed by atoms with Gasteiger partial charge in [-0.3, -0.25) is 0 Å². The van der Waals surface area contributed by atoms with Gasteiger partial charge in [-0.05, 0) is 81.5 Å². The van der Waals surface area contributed by atoms with Crippen molar-refractivity contribution in [2.24, 2.45) is 23.7 Å². The van der Waals surface area contributed by atoms with Crippen molar-refractivity contribution in [2.75, 3.05) is 7.11 Å². The molecule has 2 nitrogen and oxygen atoms in total. The van der Waals surface area contributed by atoms with Gasteiger partial charge in [0.15, 0.2) is 0 Å². The Bertz CT molecular complexity index is 381. The lowest BCUT2D eigenvalue weighted by atomic mass is 9.63. The van der Waals surface area contributed by atoms with Crippen LogP contribution in [0.3, 0.4) is 0 Å². The summed E-state index contributed by atoms with van der Waals surface area (Å²) in [5.74, 6) is 3.66. The number of ether oxygens (including phenoxy) is 2. The van der Waals surface area contributed by atoms with Crippen LogP contribution in [0.1, 0.15) is 89.9 Å². The average Bonchev–Trinajstić information content (AvgIpc) is 2.68. The molecule has 0 bridgehead atoms. The van der Waals surface area contributed by atoms with Crippen LogP contribution in [0.4, 0.5) is 0 Å². The molecule has 2 heteroatoms. The van der Waals surface area contributed by atoms with Gasteiger partial charge < -0.3 is 9.47 Å². The lowest BCUT2D eigenvalue weighted by Gasteiger charge is -2.50. The largest absolute Gasteiger partial charge is 0.381 e. The van der Waals surface area contributed by atoms with Gasteiger partial charge in [0.1, 0.15) is 0 Å². The van der Waals surface area contributed by atoms with E-state index in [0.29, 0.717) is 18.3 Å². The third-order valence-electron chi connectivity index (χ3n) is 7.99. The molecule has 4 atom stereocenters. The minimum atomic E-state index is 0.539. The van der Waals surface area contributed by atoms with E-state index in [4.69, 9.17) is 9.47 Å². The Morgan fingerprint density at radius 1 is 0.625 bits per heavy atom. The Balaban J connectivity index is 1.45. The summed E-state index contributed by atoms with van der Waals surface area (Å²) >= 11 is 0. The second kappa shape index (κ2) is 8.08. The van der Waals surface area contributed by atoms with Gasteiger partial charge in [0.25, 0.3) is 0 Å². The van der Waals surface area contributed by atoms with E-state index in [9.17, 15) is 0 Å². The first-order valence-corrected chi connectivity index (χ1v) is 11.0. The second-order valence-electron chi connectivity index (χ2n) is 9.23. The van der Waals surface area contributed by atoms with E-state index < -0.39 is 0 Å². The molecule has 0 radical (unpaired) electrons. The van der Waals surface area contributed by atoms with Crippen LogP contribution in [0.2, 0.25) is 0 Å². The molecular formula is C22H38O2. The molecule has 4 unspecified atom stereocenters. The molecule has 1 aliphatic heterocycles. The molecule has 4 aliphatic rings. The molecule has 0 amide bonds. The maximum Gasteiger partial charge on any atom is 0.0610 e. The van der Waals surface area contributed by atoms with Crippen LogP contribution in [-0.4, -0.2) is 25.4 Å². The standard InChI is InChI=1S/C22H38O2/c1-23-18-13-11-16(12-14-18)20-15-22(17-7-3-2-4-8-17)24-21-10-6-5-9-19(20)21/h16-22H,2-15H2,1H3. The molecule has 138 valence electrons. The fourth-order valence-corrected chi connectivity index (χ4v) is 6.61. The molecule has 4 rings (SSSR count). The van der Waals surface area contributed by atoms with Gasteiger partial charge in [0.05, 0.1) is 18.3 Å². The van der Waals surface area contributed by atoms with Crippen molar-refractivity contribution >= 4 is 0 Å². The maximum atomic E-state index is 6.77. The van der Waals surface area contributed by atoms with Crippen LogP contribution in [0.5, 0.6) is 0 Å². The molecule has 0 N–H and O–H groups in total. The topological polar surface area (TPSA) is 18.5 Å². The highest BCUT2D eigenvalue weighted by molar-refractivity contribution is 4.94. The smallest absolute Gasteiger partial charge is 0.0610 e. The first-order chi connectivity index (χ1) is 11.8. The Morgan fingerprint density at radius 3 is 2.08 bits per heavy atom. The fraction of sp³-hybridized carbons (Fsp3) is 1.00. The Kier molecular flexibility index (Phi) is 5.84. The molecular weight excluding hydrogens is 296 g/mol. The lowest BCUT2D eigenvalue weighted by molar-refractivity contribution is -0.161. The van der Waals surface area contributed by atoms with Crippen molar-refractivity contribution in [1.82, 2.24) is 0 Å². The van der Waals surface area contributed by atoms with Gasteiger partial charge in [-0.25, -0.2) is 0 Å². The van der Waals surface area contributed by atoms with E-state index >= 15 is 0 Å². The van der Waals surface area contributed by atoms with Crippen LogP contribution in [0.15, 0.2) is 0 Å². The Hall–Kier alpha value is -0.0800. The van der Waals surface area contributed by atoms with Gasteiger partial charge in [0.2, 0.25) is 0 Å². The molecule has 1 saturated heterocycles. The summed E-state index contributed by atoms with van der Waals surface area (Å²) in [7, 11) is 1.90.